The Balaban J connectivity index is 2.21. The van der Waals surface area contributed by atoms with Crippen LogP contribution in [-0.4, -0.2) is 32.0 Å². The van der Waals surface area contributed by atoms with E-state index in [1.54, 1.807) is 19.9 Å². The Morgan fingerprint density at radius 1 is 1.17 bits per heavy atom. The lowest BCUT2D eigenvalue weighted by Crippen LogP contribution is -2.18. The number of amides is 1. The highest BCUT2D eigenvalue weighted by Gasteiger charge is 2.24. The highest BCUT2D eigenvalue weighted by molar-refractivity contribution is 6.12. The smallest absolute Gasteiger partial charge is 0.255 e. The summed E-state index contributed by atoms with van der Waals surface area (Å²) in [6, 6.07) is 8.64. The number of nitrogens with one attached hydrogen (secondary N) is 2. The molecule has 3 aromatic rings. The molecule has 5 nitrogen and oxygen atoms in total. The predicted molar refractivity (Wildman–Crippen MR) is 105 cm³/mol. The number of fused-ring (bicyclic) bond motifs is 1. The lowest BCUT2D eigenvalue weighted by molar-refractivity contribution is 0.0964. The van der Waals surface area contributed by atoms with Crippen LogP contribution in [0.15, 0.2) is 40.8 Å². The molecule has 29 heavy (non-hydrogen) atoms. The number of hydrogen-bond acceptors (Lipinski definition) is 4. The van der Waals surface area contributed by atoms with Crippen molar-refractivity contribution in [3.8, 4) is 17.1 Å². The number of carbonyl (C=O) groups excluding carboxylic acids is 1. The average molecular weight is 406 g/mol. The molecule has 0 aliphatic rings. The van der Waals surface area contributed by atoms with Crippen LogP contribution in [-0.2, 0) is 0 Å². The number of carbonyl (C=O) groups is 1. The molecule has 1 amide bonds. The lowest BCUT2D eigenvalue weighted by Gasteiger charge is -2.15. The lowest BCUT2D eigenvalue weighted by atomic mass is 10.0. The molecule has 0 saturated carbocycles. The molecular formula is C21H21F3N2O3. The van der Waals surface area contributed by atoms with Gasteiger partial charge in [-0.3, -0.25) is 4.79 Å². The van der Waals surface area contributed by atoms with Crippen LogP contribution in [0, 0.1) is 5.82 Å². The van der Waals surface area contributed by atoms with Crippen LogP contribution >= 0.6 is 0 Å². The fraction of sp³-hybridized carbons (Fsp3) is 0.286. The Kier molecular flexibility index (Phi) is 6.00. The molecule has 1 aromatic heterocycles. The molecule has 0 fully saturated rings. The number of halogens is 3. The Hall–Kier alpha value is -3.16. The van der Waals surface area contributed by atoms with Crippen molar-refractivity contribution in [2.24, 2.45) is 0 Å². The molecule has 0 aliphatic carbocycles. The third-order valence-corrected chi connectivity index (χ3v) is 4.16. The van der Waals surface area contributed by atoms with Crippen LogP contribution in [0.3, 0.4) is 0 Å². The van der Waals surface area contributed by atoms with Crippen molar-refractivity contribution in [3.63, 3.8) is 0 Å². The van der Waals surface area contributed by atoms with Crippen molar-refractivity contribution in [2.45, 2.75) is 26.4 Å². The molecule has 1 heterocycles. The zero-order valence-electron chi connectivity index (χ0n) is 16.2. The van der Waals surface area contributed by atoms with E-state index in [0.717, 1.165) is 0 Å². The second kappa shape index (κ2) is 8.46. The summed E-state index contributed by atoms with van der Waals surface area (Å²) in [5, 5.41) is 5.67. The van der Waals surface area contributed by atoms with Gasteiger partial charge in [0.2, 0.25) is 0 Å². The van der Waals surface area contributed by atoms with Crippen LogP contribution in [0.1, 0.15) is 24.2 Å². The maximum absolute atomic E-state index is 13.3. The van der Waals surface area contributed by atoms with Gasteiger partial charge in [0.15, 0.2) is 0 Å². The molecule has 2 N–H and O–H groups in total. The molecule has 0 bridgehead atoms. The van der Waals surface area contributed by atoms with Crippen molar-refractivity contribution < 1.29 is 27.1 Å². The van der Waals surface area contributed by atoms with Gasteiger partial charge in [0.1, 0.15) is 22.9 Å². The monoisotopic (exact) mass is 406 g/mol. The third-order valence-electron chi connectivity index (χ3n) is 4.16. The highest BCUT2D eigenvalue weighted by atomic mass is 19.3. The minimum Gasteiger partial charge on any atom is -0.489 e. The Bertz CT molecular complexity index is 1010. The quantitative estimate of drug-likeness (QED) is 0.576. The van der Waals surface area contributed by atoms with E-state index in [1.807, 2.05) is 0 Å². The molecule has 0 atom stereocenters. The summed E-state index contributed by atoms with van der Waals surface area (Å²) < 4.78 is 50.3. The predicted octanol–water partition coefficient (Wildman–Crippen LogP) is 5.06. The van der Waals surface area contributed by atoms with Gasteiger partial charge in [-0.05, 0) is 44.2 Å². The van der Waals surface area contributed by atoms with Gasteiger partial charge in [-0.2, -0.15) is 0 Å². The first kappa shape index (κ1) is 20.6. The molecule has 0 aliphatic heterocycles. The van der Waals surface area contributed by atoms with Gasteiger partial charge in [-0.15, -0.1) is 0 Å². The van der Waals surface area contributed by atoms with Gasteiger partial charge < -0.3 is 19.8 Å². The summed E-state index contributed by atoms with van der Waals surface area (Å²) in [4.78, 5) is 12.6. The maximum Gasteiger partial charge on any atom is 0.255 e. The normalized spacial score (nSPS) is 11.3. The van der Waals surface area contributed by atoms with E-state index in [9.17, 15) is 18.0 Å². The van der Waals surface area contributed by atoms with Crippen LogP contribution in [0.2, 0.25) is 0 Å². The molecule has 154 valence electrons. The van der Waals surface area contributed by atoms with Crippen LogP contribution in [0.5, 0.6) is 5.75 Å². The van der Waals surface area contributed by atoms with Crippen LogP contribution in [0.25, 0.3) is 22.3 Å². The fourth-order valence-corrected chi connectivity index (χ4v) is 2.95. The number of anilines is 1. The van der Waals surface area contributed by atoms with E-state index >= 15 is 0 Å². The summed E-state index contributed by atoms with van der Waals surface area (Å²) >= 11 is 0. The third kappa shape index (κ3) is 4.47. The summed E-state index contributed by atoms with van der Waals surface area (Å²) in [7, 11) is 1.49. The van der Waals surface area contributed by atoms with Crippen molar-refractivity contribution in [1.82, 2.24) is 5.32 Å². The summed E-state index contributed by atoms with van der Waals surface area (Å²) in [5.41, 5.74) is 1.41. The second-order valence-electron chi connectivity index (χ2n) is 6.68. The topological polar surface area (TPSA) is 63.5 Å². The average Bonchev–Trinajstić information content (AvgIpc) is 3.03. The number of hydrogen-bond donors (Lipinski definition) is 2. The first-order valence-electron chi connectivity index (χ1n) is 9.07. The fourth-order valence-electron chi connectivity index (χ4n) is 2.95. The molecule has 8 heteroatoms. The molecule has 0 radical (unpaired) electrons. The minimum absolute atomic E-state index is 0.216. The van der Waals surface area contributed by atoms with Crippen molar-refractivity contribution in [3.05, 3.63) is 47.8 Å². The van der Waals surface area contributed by atoms with Crippen LogP contribution in [0.4, 0.5) is 18.9 Å². The Labute approximate surface area is 165 Å². The molecule has 0 saturated heterocycles. The summed E-state index contributed by atoms with van der Waals surface area (Å²) in [6.07, 6.45) is -2.77. The Morgan fingerprint density at radius 3 is 2.45 bits per heavy atom. The van der Waals surface area contributed by atoms with Gasteiger partial charge in [0, 0.05) is 24.1 Å². The minimum atomic E-state index is -2.55. The van der Waals surface area contributed by atoms with E-state index < -0.39 is 24.7 Å². The van der Waals surface area contributed by atoms with Gasteiger partial charge in [-0.25, -0.2) is 13.2 Å². The van der Waals surface area contributed by atoms with Gasteiger partial charge in [-0.1, -0.05) is 0 Å². The highest BCUT2D eigenvalue weighted by Crippen LogP contribution is 2.39. The maximum atomic E-state index is 13.3. The number of benzene rings is 2. The van der Waals surface area contributed by atoms with E-state index in [-0.39, 0.29) is 17.4 Å². The largest absolute Gasteiger partial charge is 0.489 e. The Morgan fingerprint density at radius 2 is 1.86 bits per heavy atom. The number of rotatable bonds is 7. The zero-order valence-corrected chi connectivity index (χ0v) is 16.2. The van der Waals surface area contributed by atoms with Gasteiger partial charge in [0.25, 0.3) is 12.3 Å². The molecular weight excluding hydrogens is 385 g/mol. The van der Waals surface area contributed by atoms with Crippen molar-refractivity contribution in [2.75, 3.05) is 18.9 Å². The molecule has 0 unspecified atom stereocenters. The number of ether oxygens (including phenoxy) is 1. The van der Waals surface area contributed by atoms with Crippen molar-refractivity contribution >= 4 is 22.6 Å². The molecule has 3 rings (SSSR count). The first-order valence-corrected chi connectivity index (χ1v) is 9.07. The summed E-state index contributed by atoms with van der Waals surface area (Å²) in [5.74, 6) is -0.241. The van der Waals surface area contributed by atoms with E-state index in [4.69, 9.17) is 9.15 Å². The van der Waals surface area contributed by atoms with Crippen molar-refractivity contribution in [1.29, 1.82) is 0 Å². The number of furan rings is 1. The molecule has 0 spiro atoms. The van der Waals surface area contributed by atoms with E-state index in [0.29, 0.717) is 28.0 Å². The molecule has 2 aromatic carbocycles. The standard InChI is InChI=1S/C21H21F3N2O3/c1-11(2)28-17-8-14-16(9-15(17)26-10-18(23)24)29-20(19(14)21(27)25-3)12-4-6-13(22)7-5-12/h4-9,11,18,26H,10H2,1-3H3,(H,25,27). The zero-order chi connectivity index (χ0) is 21.1. The van der Waals surface area contributed by atoms with Gasteiger partial charge >= 0.3 is 0 Å². The SMILES string of the molecule is CNC(=O)c1c(-c2ccc(F)cc2)oc2cc(NCC(F)F)c(OC(C)C)cc12. The first-order chi connectivity index (χ1) is 13.8. The number of alkyl halides is 2. The van der Waals surface area contributed by atoms with Gasteiger partial charge in [0.05, 0.1) is 23.9 Å². The van der Waals surface area contributed by atoms with E-state index in [2.05, 4.69) is 10.6 Å². The second-order valence-corrected chi connectivity index (χ2v) is 6.68. The van der Waals surface area contributed by atoms with E-state index in [1.165, 1.54) is 37.4 Å². The van der Waals surface area contributed by atoms with Crippen LogP contribution < -0.4 is 15.4 Å². The summed E-state index contributed by atoms with van der Waals surface area (Å²) in [6.45, 7) is 3.05.